The van der Waals surface area contributed by atoms with Gasteiger partial charge in [0.25, 0.3) is 0 Å². The fourth-order valence-corrected chi connectivity index (χ4v) is 3.05. The number of anilines is 1. The Balaban J connectivity index is 0.00000192. The number of thiazole rings is 1. The van der Waals surface area contributed by atoms with Crippen LogP contribution >= 0.6 is 11.3 Å². The molecule has 1 aromatic carbocycles. The summed E-state index contributed by atoms with van der Waals surface area (Å²) in [5, 5.41) is 5.57. The van der Waals surface area contributed by atoms with Crippen molar-refractivity contribution in [3.63, 3.8) is 0 Å². The van der Waals surface area contributed by atoms with Crippen LogP contribution in [-0.4, -0.2) is 41.4 Å². The number of carbonyl (C=O) groups is 1. The standard InChI is InChI=1S/C15H13FN4OS.Li.H/c1-2-17-14(21)20-15-19-12-10(16)7-6-9(13(12)22-15)11-5-3-4-8-18-11;;/h3-8H,2H2,1H3,(H2,17,19,20,21);;. The Bertz CT molecular complexity index is 825. The molecular weight excluding hydrogens is 310 g/mol. The number of carbonyl (C=O) groups excluding carboxylic acids is 1. The van der Waals surface area contributed by atoms with E-state index in [-0.39, 0.29) is 30.4 Å². The summed E-state index contributed by atoms with van der Waals surface area (Å²) in [5.74, 6) is -0.421. The summed E-state index contributed by atoms with van der Waals surface area (Å²) in [4.78, 5) is 20.0. The van der Waals surface area contributed by atoms with Crippen molar-refractivity contribution >= 4 is 51.6 Å². The molecule has 0 atom stereocenters. The summed E-state index contributed by atoms with van der Waals surface area (Å²) >= 11 is 1.22. The zero-order chi connectivity index (χ0) is 15.5. The first-order valence-electron chi connectivity index (χ1n) is 6.74. The Labute approximate surface area is 148 Å². The molecule has 0 aliphatic heterocycles. The molecule has 3 rings (SSSR count). The summed E-state index contributed by atoms with van der Waals surface area (Å²) in [6, 6.07) is 8.21. The molecule has 0 aliphatic rings. The molecule has 0 bridgehead atoms. The summed E-state index contributed by atoms with van der Waals surface area (Å²) in [7, 11) is 0. The predicted octanol–water partition coefficient (Wildman–Crippen LogP) is 2.99. The molecule has 2 aromatic heterocycles. The van der Waals surface area contributed by atoms with Crippen LogP contribution in [0.25, 0.3) is 21.5 Å². The fourth-order valence-electron chi connectivity index (χ4n) is 2.05. The van der Waals surface area contributed by atoms with E-state index in [2.05, 4.69) is 20.6 Å². The van der Waals surface area contributed by atoms with Gasteiger partial charge in [-0.15, -0.1) is 0 Å². The van der Waals surface area contributed by atoms with E-state index in [4.69, 9.17) is 0 Å². The summed E-state index contributed by atoms with van der Waals surface area (Å²) < 4.78 is 14.6. The van der Waals surface area contributed by atoms with Crippen molar-refractivity contribution < 1.29 is 9.18 Å². The van der Waals surface area contributed by atoms with Crippen LogP contribution < -0.4 is 10.6 Å². The number of nitrogens with zero attached hydrogens (tertiary/aromatic N) is 2. The number of benzene rings is 1. The number of fused-ring (bicyclic) bond motifs is 1. The molecule has 0 aliphatic carbocycles. The third-order valence-corrected chi connectivity index (χ3v) is 4.00. The van der Waals surface area contributed by atoms with Gasteiger partial charge >= 0.3 is 24.9 Å². The van der Waals surface area contributed by atoms with Crippen molar-refractivity contribution in [2.45, 2.75) is 6.92 Å². The first-order valence-corrected chi connectivity index (χ1v) is 7.56. The minimum atomic E-state index is -0.421. The number of hydrogen-bond donors (Lipinski definition) is 2. The van der Waals surface area contributed by atoms with Gasteiger partial charge in [0.15, 0.2) is 5.13 Å². The number of amides is 2. The monoisotopic (exact) mass is 324 g/mol. The summed E-state index contributed by atoms with van der Waals surface area (Å²) in [6.07, 6.45) is 1.68. The molecule has 2 heterocycles. The Morgan fingerprint density at radius 2 is 2.13 bits per heavy atom. The van der Waals surface area contributed by atoms with Crippen molar-refractivity contribution in [1.82, 2.24) is 15.3 Å². The van der Waals surface area contributed by atoms with E-state index >= 15 is 0 Å². The molecule has 2 amide bonds. The van der Waals surface area contributed by atoms with Crippen molar-refractivity contribution in [3.05, 3.63) is 42.3 Å². The second-order valence-corrected chi connectivity index (χ2v) is 5.49. The number of urea groups is 1. The fraction of sp³-hybridized carbons (Fsp3) is 0.133. The van der Waals surface area contributed by atoms with E-state index in [9.17, 15) is 9.18 Å². The van der Waals surface area contributed by atoms with Crippen LogP contribution in [0.4, 0.5) is 14.3 Å². The van der Waals surface area contributed by atoms with Crippen LogP contribution in [0.2, 0.25) is 0 Å². The average molecular weight is 324 g/mol. The predicted molar refractivity (Wildman–Crippen MR) is 92.7 cm³/mol. The van der Waals surface area contributed by atoms with E-state index < -0.39 is 5.82 Å². The first-order chi connectivity index (χ1) is 10.7. The van der Waals surface area contributed by atoms with E-state index in [1.54, 1.807) is 12.3 Å². The van der Waals surface area contributed by atoms with Gasteiger partial charge in [-0.1, -0.05) is 17.4 Å². The third kappa shape index (κ3) is 3.70. The number of nitrogens with one attached hydrogen (secondary N) is 2. The van der Waals surface area contributed by atoms with Gasteiger partial charge in [-0.25, -0.2) is 14.2 Å². The van der Waals surface area contributed by atoms with Crippen LogP contribution in [0.15, 0.2) is 36.5 Å². The average Bonchev–Trinajstić information content (AvgIpc) is 2.93. The Kier molecular flexibility index (Phi) is 5.72. The maximum absolute atomic E-state index is 14.0. The van der Waals surface area contributed by atoms with Gasteiger partial charge in [0, 0.05) is 18.3 Å². The Hall–Kier alpha value is -1.94. The molecule has 0 radical (unpaired) electrons. The van der Waals surface area contributed by atoms with E-state index in [0.29, 0.717) is 16.4 Å². The molecule has 0 spiro atoms. The second-order valence-electron chi connectivity index (χ2n) is 4.49. The van der Waals surface area contributed by atoms with Crippen molar-refractivity contribution in [2.75, 3.05) is 11.9 Å². The summed E-state index contributed by atoms with van der Waals surface area (Å²) in [6.45, 7) is 2.32. The normalized spacial score (nSPS) is 10.2. The van der Waals surface area contributed by atoms with Crippen LogP contribution in [0.3, 0.4) is 0 Å². The van der Waals surface area contributed by atoms with E-state index in [0.717, 1.165) is 11.3 Å². The molecule has 114 valence electrons. The van der Waals surface area contributed by atoms with Crippen LogP contribution in [0.5, 0.6) is 0 Å². The number of aromatic nitrogens is 2. The minimum absolute atomic E-state index is 0. The van der Waals surface area contributed by atoms with Crippen molar-refractivity contribution in [3.8, 4) is 11.3 Å². The quantitative estimate of drug-likeness (QED) is 0.728. The molecule has 0 fully saturated rings. The van der Waals surface area contributed by atoms with Gasteiger partial charge in [0.1, 0.15) is 11.3 Å². The molecule has 0 saturated heterocycles. The molecule has 0 saturated carbocycles. The zero-order valence-corrected chi connectivity index (χ0v) is 12.6. The first kappa shape index (κ1) is 17.4. The third-order valence-electron chi connectivity index (χ3n) is 2.99. The topological polar surface area (TPSA) is 66.9 Å². The van der Waals surface area contributed by atoms with Crippen LogP contribution in [0, 0.1) is 5.82 Å². The van der Waals surface area contributed by atoms with Gasteiger partial charge in [0.05, 0.1) is 10.4 Å². The molecule has 3 aromatic rings. The second kappa shape index (κ2) is 7.55. The van der Waals surface area contributed by atoms with Gasteiger partial charge < -0.3 is 5.32 Å². The number of halogens is 1. The molecule has 8 heteroatoms. The Morgan fingerprint density at radius 1 is 1.30 bits per heavy atom. The number of hydrogen-bond acceptors (Lipinski definition) is 4. The molecular formula is C15H14FLiN4OS. The summed E-state index contributed by atoms with van der Waals surface area (Å²) in [5.41, 5.74) is 1.76. The SMILES string of the molecule is CCNC(=O)Nc1nc2c(F)ccc(-c3ccccn3)c2s1.[LiH]. The Morgan fingerprint density at radius 3 is 2.83 bits per heavy atom. The van der Waals surface area contributed by atoms with Crippen LogP contribution in [0.1, 0.15) is 6.92 Å². The van der Waals surface area contributed by atoms with Crippen molar-refractivity contribution in [2.24, 2.45) is 0 Å². The van der Waals surface area contributed by atoms with Gasteiger partial charge in [-0.05, 0) is 31.2 Å². The molecule has 2 N–H and O–H groups in total. The zero-order valence-electron chi connectivity index (χ0n) is 11.8. The molecule has 23 heavy (non-hydrogen) atoms. The van der Waals surface area contributed by atoms with Crippen LogP contribution in [-0.2, 0) is 0 Å². The number of rotatable bonds is 3. The van der Waals surface area contributed by atoms with Gasteiger partial charge in [-0.3, -0.25) is 10.3 Å². The van der Waals surface area contributed by atoms with Gasteiger partial charge in [-0.2, -0.15) is 0 Å². The van der Waals surface area contributed by atoms with Gasteiger partial charge in [0.2, 0.25) is 0 Å². The maximum atomic E-state index is 14.0. The number of pyridine rings is 1. The molecule has 0 unspecified atom stereocenters. The molecule has 5 nitrogen and oxygen atoms in total. The van der Waals surface area contributed by atoms with E-state index in [1.165, 1.54) is 17.4 Å². The van der Waals surface area contributed by atoms with Crippen molar-refractivity contribution in [1.29, 1.82) is 0 Å². The van der Waals surface area contributed by atoms with E-state index in [1.807, 2.05) is 25.1 Å².